The highest BCUT2D eigenvalue weighted by Crippen LogP contribution is 2.38. The van der Waals surface area contributed by atoms with E-state index in [2.05, 4.69) is 42.8 Å². The first kappa shape index (κ1) is 24.0. The molecule has 12 heteroatoms. The normalized spacial score (nSPS) is 20.2. The van der Waals surface area contributed by atoms with E-state index in [0.29, 0.717) is 59.5 Å². The number of carbonyl (C=O) groups is 1. The second-order valence-electron chi connectivity index (χ2n) is 9.32. The van der Waals surface area contributed by atoms with Crippen molar-refractivity contribution in [3.63, 3.8) is 0 Å². The van der Waals surface area contributed by atoms with Gasteiger partial charge in [0.25, 0.3) is 0 Å². The zero-order valence-corrected chi connectivity index (χ0v) is 20.1. The van der Waals surface area contributed by atoms with E-state index in [1.165, 1.54) is 6.20 Å². The number of aldehydes is 1. The SMILES string of the molecule is CC(C#N)Nc1cc(-n2ncc3cc(C#N)cnc32)ncc1-n1cc(C2CCC(O)(CC=O)CC2)nn1. The third-order valence-corrected chi connectivity index (χ3v) is 6.74. The number of hydrogen-bond acceptors (Lipinski definition) is 10. The van der Waals surface area contributed by atoms with Crippen molar-refractivity contribution >= 4 is 23.0 Å². The number of nitriles is 2. The van der Waals surface area contributed by atoms with Crippen LogP contribution in [0.15, 0.2) is 36.9 Å². The van der Waals surface area contributed by atoms with Gasteiger partial charge in [-0.25, -0.2) is 14.6 Å². The molecule has 0 bridgehead atoms. The highest BCUT2D eigenvalue weighted by molar-refractivity contribution is 5.77. The van der Waals surface area contributed by atoms with Crippen LogP contribution in [0.1, 0.15) is 56.2 Å². The number of pyridine rings is 2. The first-order chi connectivity index (χ1) is 17.9. The van der Waals surface area contributed by atoms with Crippen molar-refractivity contribution in [3.05, 3.63) is 48.2 Å². The minimum atomic E-state index is -0.930. The maximum atomic E-state index is 10.9. The Labute approximate surface area is 212 Å². The lowest BCUT2D eigenvalue weighted by atomic mass is 9.76. The van der Waals surface area contributed by atoms with Crippen LogP contribution in [0.3, 0.4) is 0 Å². The second-order valence-corrected chi connectivity index (χ2v) is 9.32. The number of aromatic nitrogens is 7. The number of nitrogens with zero attached hydrogens (tertiary/aromatic N) is 9. The van der Waals surface area contributed by atoms with Gasteiger partial charge in [-0.1, -0.05) is 5.21 Å². The van der Waals surface area contributed by atoms with Gasteiger partial charge < -0.3 is 15.2 Å². The topological polar surface area (TPSA) is 171 Å². The summed E-state index contributed by atoms with van der Waals surface area (Å²) in [7, 11) is 0. The fraction of sp³-hybridized carbons (Fsp3) is 0.360. The molecule has 0 amide bonds. The first-order valence-corrected chi connectivity index (χ1v) is 11.9. The number of rotatable bonds is 7. The molecule has 2 N–H and O–H groups in total. The largest absolute Gasteiger partial charge is 0.389 e. The van der Waals surface area contributed by atoms with E-state index in [1.807, 2.05) is 6.20 Å². The van der Waals surface area contributed by atoms with Gasteiger partial charge in [-0.15, -0.1) is 5.10 Å². The molecule has 1 atom stereocenters. The van der Waals surface area contributed by atoms with Gasteiger partial charge in [0.2, 0.25) is 0 Å². The van der Waals surface area contributed by atoms with Crippen molar-refractivity contribution in [3.8, 4) is 23.6 Å². The molecule has 4 heterocycles. The second kappa shape index (κ2) is 9.76. The summed E-state index contributed by atoms with van der Waals surface area (Å²) in [6.45, 7) is 1.74. The van der Waals surface area contributed by atoms with Gasteiger partial charge in [0.15, 0.2) is 11.5 Å². The Kier molecular flexibility index (Phi) is 6.34. The summed E-state index contributed by atoms with van der Waals surface area (Å²) in [6.07, 6.45) is 9.98. The zero-order chi connectivity index (χ0) is 26.0. The average Bonchev–Trinajstić information content (AvgIpc) is 3.56. The summed E-state index contributed by atoms with van der Waals surface area (Å²) in [6, 6.07) is 7.22. The number of anilines is 1. The Morgan fingerprint density at radius 2 is 2.05 bits per heavy atom. The van der Waals surface area contributed by atoms with E-state index in [9.17, 15) is 15.2 Å². The fourth-order valence-electron chi connectivity index (χ4n) is 4.66. The molecule has 1 aliphatic carbocycles. The van der Waals surface area contributed by atoms with Gasteiger partial charge in [0.05, 0.1) is 47.2 Å². The number of nitrogens with one attached hydrogen (secondary N) is 1. The van der Waals surface area contributed by atoms with E-state index in [1.54, 1.807) is 40.8 Å². The van der Waals surface area contributed by atoms with E-state index >= 15 is 0 Å². The molecule has 0 radical (unpaired) electrons. The summed E-state index contributed by atoms with van der Waals surface area (Å²) in [4.78, 5) is 19.8. The van der Waals surface area contributed by atoms with Crippen LogP contribution in [0.25, 0.3) is 22.5 Å². The summed E-state index contributed by atoms with van der Waals surface area (Å²) in [5, 5.41) is 46.0. The summed E-state index contributed by atoms with van der Waals surface area (Å²) in [5.41, 5.74) is 2.07. The molecule has 0 spiro atoms. The molecule has 37 heavy (non-hydrogen) atoms. The Morgan fingerprint density at radius 1 is 1.24 bits per heavy atom. The molecular formula is C25H24N10O2. The molecule has 12 nitrogen and oxygen atoms in total. The standard InChI is InChI=1S/C25H24N10O2/c1-16(10-26)31-20-9-23(35-24-19(13-30-35)8-17(11-27)12-29-24)28-14-22(20)34-15-21(32-33-34)18-2-4-25(37,5-3-18)6-7-36/h7-9,12-16,18,37H,2-6H2,1H3,(H,28,31). The molecule has 186 valence electrons. The molecule has 5 rings (SSSR count). The highest BCUT2D eigenvalue weighted by Gasteiger charge is 2.34. The van der Waals surface area contributed by atoms with E-state index in [-0.39, 0.29) is 12.3 Å². The predicted octanol–water partition coefficient (Wildman–Crippen LogP) is 2.57. The maximum Gasteiger partial charge on any atom is 0.164 e. The fourth-order valence-corrected chi connectivity index (χ4v) is 4.66. The van der Waals surface area contributed by atoms with E-state index < -0.39 is 11.6 Å². The number of carbonyl (C=O) groups excluding carboxylic acids is 1. The Bertz CT molecular complexity index is 1540. The first-order valence-electron chi connectivity index (χ1n) is 11.9. The van der Waals surface area contributed by atoms with Gasteiger partial charge >= 0.3 is 0 Å². The van der Waals surface area contributed by atoms with Crippen LogP contribution in [0.5, 0.6) is 0 Å². The Hall–Kier alpha value is -4.68. The Morgan fingerprint density at radius 3 is 2.78 bits per heavy atom. The van der Waals surface area contributed by atoms with Crippen LogP contribution in [0.2, 0.25) is 0 Å². The van der Waals surface area contributed by atoms with Crippen molar-refractivity contribution < 1.29 is 9.90 Å². The molecule has 4 aromatic rings. The van der Waals surface area contributed by atoms with Crippen LogP contribution < -0.4 is 5.32 Å². The van der Waals surface area contributed by atoms with E-state index in [0.717, 1.165) is 12.0 Å². The van der Waals surface area contributed by atoms with Crippen molar-refractivity contribution in [2.45, 2.75) is 56.6 Å². The summed E-state index contributed by atoms with van der Waals surface area (Å²) < 4.78 is 3.18. The lowest BCUT2D eigenvalue weighted by molar-refractivity contribution is -0.113. The molecule has 1 fully saturated rings. The van der Waals surface area contributed by atoms with Gasteiger partial charge in [0, 0.05) is 30.0 Å². The molecule has 1 saturated carbocycles. The van der Waals surface area contributed by atoms with Gasteiger partial charge in [0.1, 0.15) is 24.1 Å². The quantitative estimate of drug-likeness (QED) is 0.362. The number of hydrogen-bond donors (Lipinski definition) is 2. The molecule has 1 aliphatic rings. The monoisotopic (exact) mass is 496 g/mol. The molecule has 1 unspecified atom stereocenters. The van der Waals surface area contributed by atoms with Crippen molar-refractivity contribution in [2.75, 3.05) is 5.32 Å². The molecule has 4 aromatic heterocycles. The minimum absolute atomic E-state index is 0.127. The van der Waals surface area contributed by atoms with Crippen molar-refractivity contribution in [2.24, 2.45) is 0 Å². The summed E-state index contributed by atoms with van der Waals surface area (Å²) in [5.74, 6) is 0.604. The van der Waals surface area contributed by atoms with Crippen LogP contribution in [0.4, 0.5) is 5.69 Å². The minimum Gasteiger partial charge on any atom is -0.389 e. The average molecular weight is 497 g/mol. The predicted molar refractivity (Wildman–Crippen MR) is 132 cm³/mol. The zero-order valence-electron chi connectivity index (χ0n) is 20.1. The third-order valence-electron chi connectivity index (χ3n) is 6.74. The van der Waals surface area contributed by atoms with Gasteiger partial charge in [-0.2, -0.15) is 20.3 Å². The van der Waals surface area contributed by atoms with Gasteiger partial charge in [-0.05, 0) is 38.7 Å². The Balaban J connectivity index is 1.46. The lowest BCUT2D eigenvalue weighted by Crippen LogP contribution is -2.33. The van der Waals surface area contributed by atoms with Crippen LogP contribution in [0, 0.1) is 22.7 Å². The van der Waals surface area contributed by atoms with Crippen molar-refractivity contribution in [1.29, 1.82) is 10.5 Å². The number of aliphatic hydroxyl groups is 1. The summed E-state index contributed by atoms with van der Waals surface area (Å²) >= 11 is 0. The van der Waals surface area contributed by atoms with Crippen LogP contribution >= 0.6 is 0 Å². The van der Waals surface area contributed by atoms with Gasteiger partial charge in [-0.3, -0.25) is 0 Å². The lowest BCUT2D eigenvalue weighted by Gasteiger charge is -2.34. The molecule has 0 saturated heterocycles. The van der Waals surface area contributed by atoms with Crippen molar-refractivity contribution in [1.82, 2.24) is 34.7 Å². The highest BCUT2D eigenvalue weighted by atomic mass is 16.3. The number of fused-ring (bicyclic) bond motifs is 1. The maximum absolute atomic E-state index is 10.9. The molecule has 0 aliphatic heterocycles. The van der Waals surface area contributed by atoms with Crippen LogP contribution in [-0.2, 0) is 4.79 Å². The molecular weight excluding hydrogens is 472 g/mol. The van der Waals surface area contributed by atoms with E-state index in [4.69, 9.17) is 5.26 Å². The third kappa shape index (κ3) is 4.75. The van der Waals surface area contributed by atoms with Crippen LogP contribution in [-0.4, -0.2) is 57.8 Å². The smallest absolute Gasteiger partial charge is 0.164 e. The molecule has 0 aromatic carbocycles.